The van der Waals surface area contributed by atoms with Crippen molar-refractivity contribution in [1.29, 1.82) is 0 Å². The van der Waals surface area contributed by atoms with E-state index in [4.69, 9.17) is 11.5 Å². The molecule has 0 bridgehead atoms. The number of carbonyl (C=O) groups is 2. The van der Waals surface area contributed by atoms with Crippen LogP contribution in [0, 0.1) is 11.8 Å². The molecule has 0 aromatic rings. The summed E-state index contributed by atoms with van der Waals surface area (Å²) < 4.78 is 0. The number of guanidine groups is 1. The fraction of sp³-hybridized carbons (Fsp3) is 0.471. The van der Waals surface area contributed by atoms with Crippen molar-refractivity contribution in [3.8, 4) is 0 Å². The van der Waals surface area contributed by atoms with Gasteiger partial charge in [0.25, 0.3) is 5.91 Å². The lowest BCUT2D eigenvalue weighted by atomic mass is 9.79. The van der Waals surface area contributed by atoms with E-state index in [1.165, 1.54) is 0 Å². The fourth-order valence-electron chi connectivity index (χ4n) is 3.83. The van der Waals surface area contributed by atoms with Gasteiger partial charge in [-0.25, -0.2) is 0 Å². The van der Waals surface area contributed by atoms with Crippen LogP contribution in [-0.4, -0.2) is 41.7 Å². The Morgan fingerprint density at radius 1 is 1.35 bits per heavy atom. The number of rotatable bonds is 1. The van der Waals surface area contributed by atoms with Gasteiger partial charge in [0.2, 0.25) is 0 Å². The number of amides is 1. The van der Waals surface area contributed by atoms with Crippen molar-refractivity contribution >= 4 is 17.6 Å². The number of hydrogen-bond donors (Lipinski definition) is 2. The zero-order valence-electron chi connectivity index (χ0n) is 13.5. The van der Waals surface area contributed by atoms with E-state index in [2.05, 4.69) is 16.8 Å². The third kappa shape index (κ3) is 2.86. The van der Waals surface area contributed by atoms with Gasteiger partial charge < -0.3 is 11.5 Å². The standard InChI is InChI=1S/C17H22N4O2/c1-9-5-10(2)14(22)8-21-4-3-11-6-12(7-13(9)15(11)21)16(23)20-17(18)19/h5-7,9,11,15H,3-4,8H2,1-2H3,(H4,18,19,20,23). The number of Topliss-reactive ketones (excluding diaryl/α,β-unsaturated/α-hetero) is 1. The Morgan fingerprint density at radius 3 is 2.78 bits per heavy atom. The molecule has 0 aromatic heterocycles. The molecule has 2 aliphatic heterocycles. The number of carbonyl (C=O) groups excluding carboxylic acids is 2. The summed E-state index contributed by atoms with van der Waals surface area (Å²) >= 11 is 0. The van der Waals surface area contributed by atoms with E-state index in [-0.39, 0.29) is 29.6 Å². The summed E-state index contributed by atoms with van der Waals surface area (Å²) in [5, 5.41) is 0. The van der Waals surface area contributed by atoms with E-state index < -0.39 is 5.91 Å². The zero-order chi connectivity index (χ0) is 16.7. The van der Waals surface area contributed by atoms with Crippen LogP contribution in [0.25, 0.3) is 0 Å². The molecule has 3 unspecified atom stereocenters. The van der Waals surface area contributed by atoms with Crippen LogP contribution in [0.1, 0.15) is 20.3 Å². The van der Waals surface area contributed by atoms with Crippen LogP contribution >= 0.6 is 0 Å². The molecule has 1 saturated heterocycles. The number of nitrogens with zero attached hydrogens (tertiary/aromatic N) is 2. The molecule has 0 aromatic carbocycles. The Hall–Kier alpha value is -2.21. The van der Waals surface area contributed by atoms with E-state index in [1.54, 1.807) is 0 Å². The van der Waals surface area contributed by atoms with Gasteiger partial charge in [-0.05, 0) is 48.9 Å². The summed E-state index contributed by atoms with van der Waals surface area (Å²) in [6.45, 7) is 5.23. The summed E-state index contributed by atoms with van der Waals surface area (Å²) in [4.78, 5) is 30.3. The Balaban J connectivity index is 2.03. The summed E-state index contributed by atoms with van der Waals surface area (Å²) in [6, 6.07) is 0.189. The highest BCUT2D eigenvalue weighted by molar-refractivity contribution is 6.03. The minimum absolute atomic E-state index is 0.100. The molecule has 3 atom stereocenters. The molecule has 3 aliphatic rings. The predicted molar refractivity (Wildman–Crippen MR) is 88.4 cm³/mol. The highest BCUT2D eigenvalue weighted by atomic mass is 16.1. The van der Waals surface area contributed by atoms with Crippen molar-refractivity contribution in [2.75, 3.05) is 13.1 Å². The summed E-state index contributed by atoms with van der Waals surface area (Å²) in [6.07, 6.45) is 6.78. The fourth-order valence-corrected chi connectivity index (χ4v) is 3.83. The van der Waals surface area contributed by atoms with E-state index in [0.29, 0.717) is 12.1 Å². The summed E-state index contributed by atoms with van der Waals surface area (Å²) in [5.41, 5.74) is 13.1. The maximum Gasteiger partial charge on any atom is 0.279 e. The maximum atomic E-state index is 12.2. The van der Waals surface area contributed by atoms with Crippen LogP contribution < -0.4 is 11.5 Å². The Labute approximate surface area is 135 Å². The lowest BCUT2D eigenvalue weighted by molar-refractivity contribution is -0.117. The van der Waals surface area contributed by atoms with Gasteiger partial charge in [-0.15, -0.1) is 0 Å². The van der Waals surface area contributed by atoms with Crippen molar-refractivity contribution in [3.05, 3.63) is 34.9 Å². The molecule has 6 nitrogen and oxygen atoms in total. The molecule has 1 aliphatic carbocycles. The Bertz CT molecular complexity index is 683. The summed E-state index contributed by atoms with van der Waals surface area (Å²) in [5.74, 6) is -0.117. The van der Waals surface area contributed by atoms with Gasteiger partial charge in [0.05, 0.1) is 6.54 Å². The average molecular weight is 314 g/mol. The third-order valence-electron chi connectivity index (χ3n) is 4.90. The van der Waals surface area contributed by atoms with Gasteiger partial charge in [-0.3, -0.25) is 14.5 Å². The van der Waals surface area contributed by atoms with Gasteiger partial charge >= 0.3 is 0 Å². The lowest BCUT2D eigenvalue weighted by Crippen LogP contribution is -2.42. The second kappa shape index (κ2) is 5.77. The number of allylic oxidation sites excluding steroid dienone is 1. The van der Waals surface area contributed by atoms with E-state index >= 15 is 0 Å². The molecule has 0 radical (unpaired) electrons. The number of hydrogen-bond acceptors (Lipinski definition) is 3. The molecular formula is C17H22N4O2. The van der Waals surface area contributed by atoms with Gasteiger partial charge in [0.15, 0.2) is 11.7 Å². The van der Waals surface area contributed by atoms with Crippen molar-refractivity contribution in [2.45, 2.75) is 26.3 Å². The first-order valence-corrected chi connectivity index (χ1v) is 7.89. The van der Waals surface area contributed by atoms with Gasteiger partial charge in [0.1, 0.15) is 0 Å². The first kappa shape index (κ1) is 15.7. The van der Waals surface area contributed by atoms with Crippen LogP contribution in [0.2, 0.25) is 0 Å². The number of ketones is 1. The molecule has 122 valence electrons. The molecule has 0 spiro atoms. The predicted octanol–water partition coefficient (Wildman–Crippen LogP) is 0.508. The monoisotopic (exact) mass is 314 g/mol. The van der Waals surface area contributed by atoms with Crippen LogP contribution in [-0.2, 0) is 9.59 Å². The smallest absolute Gasteiger partial charge is 0.279 e. The molecule has 1 amide bonds. The maximum absolute atomic E-state index is 12.2. The van der Waals surface area contributed by atoms with E-state index in [9.17, 15) is 9.59 Å². The molecule has 4 N–H and O–H groups in total. The second-order valence-electron chi connectivity index (χ2n) is 6.54. The minimum Gasteiger partial charge on any atom is -0.370 e. The van der Waals surface area contributed by atoms with Gasteiger partial charge in [0, 0.05) is 11.6 Å². The van der Waals surface area contributed by atoms with Crippen LogP contribution in [0.3, 0.4) is 0 Å². The van der Waals surface area contributed by atoms with Crippen molar-refractivity contribution in [3.63, 3.8) is 0 Å². The molecule has 0 saturated carbocycles. The topological polar surface area (TPSA) is 102 Å². The SMILES string of the molecule is CC1=CC(C)C2=CC(C(=O)N=C(N)N)=CC3CCN(CC1=O)C23. The highest BCUT2D eigenvalue weighted by Crippen LogP contribution is 2.40. The quantitative estimate of drug-likeness (QED) is 0.542. The molecule has 1 fully saturated rings. The molecule has 3 rings (SSSR count). The van der Waals surface area contributed by atoms with Crippen LogP contribution in [0.4, 0.5) is 0 Å². The highest BCUT2D eigenvalue weighted by Gasteiger charge is 2.41. The Kier molecular flexibility index (Phi) is 3.93. The van der Waals surface area contributed by atoms with Gasteiger partial charge in [-0.1, -0.05) is 19.1 Å². The van der Waals surface area contributed by atoms with Crippen LogP contribution in [0.5, 0.6) is 0 Å². The second-order valence-corrected chi connectivity index (χ2v) is 6.54. The van der Waals surface area contributed by atoms with Crippen molar-refractivity contribution < 1.29 is 9.59 Å². The minimum atomic E-state index is -0.402. The van der Waals surface area contributed by atoms with E-state index in [0.717, 1.165) is 24.1 Å². The van der Waals surface area contributed by atoms with E-state index in [1.807, 2.05) is 25.2 Å². The first-order chi connectivity index (χ1) is 10.9. The van der Waals surface area contributed by atoms with Crippen LogP contribution in [0.15, 0.2) is 39.9 Å². The Morgan fingerprint density at radius 2 is 2.09 bits per heavy atom. The van der Waals surface area contributed by atoms with Crippen molar-refractivity contribution in [2.24, 2.45) is 28.3 Å². The number of nitrogens with two attached hydrogens (primary N) is 2. The number of aliphatic imine (C=N–C) groups is 1. The van der Waals surface area contributed by atoms with Crippen molar-refractivity contribution in [1.82, 2.24) is 4.90 Å². The zero-order valence-corrected chi connectivity index (χ0v) is 13.5. The molecule has 2 heterocycles. The average Bonchev–Trinajstić information content (AvgIpc) is 2.87. The summed E-state index contributed by atoms with van der Waals surface area (Å²) in [7, 11) is 0. The molecule has 23 heavy (non-hydrogen) atoms. The lowest BCUT2D eigenvalue weighted by Gasteiger charge is -2.35. The molecule has 6 heteroatoms. The largest absolute Gasteiger partial charge is 0.370 e. The first-order valence-electron chi connectivity index (χ1n) is 7.89. The molecular weight excluding hydrogens is 292 g/mol. The third-order valence-corrected chi connectivity index (χ3v) is 4.90. The normalized spacial score (nSPS) is 30.4. The van der Waals surface area contributed by atoms with Gasteiger partial charge in [-0.2, -0.15) is 4.99 Å².